The number of hydrogen-bond donors (Lipinski definition) is 2. The SMILES string of the molecule is CC(C)CCNC(=O)COC(=O)c1ccc(N)c(Cl)c1. The molecule has 0 heterocycles. The number of carbonyl (C=O) groups is 2. The second kappa shape index (κ2) is 7.75. The quantitative estimate of drug-likeness (QED) is 0.623. The number of carbonyl (C=O) groups excluding carboxylic acids is 2. The Morgan fingerprint density at radius 1 is 1.40 bits per heavy atom. The van der Waals surface area contributed by atoms with Crippen molar-refractivity contribution in [3.63, 3.8) is 0 Å². The number of nitrogens with one attached hydrogen (secondary N) is 1. The number of nitrogen functional groups attached to an aromatic ring is 1. The summed E-state index contributed by atoms with van der Waals surface area (Å²) in [5.41, 5.74) is 6.19. The molecule has 0 saturated carbocycles. The van der Waals surface area contributed by atoms with Crippen molar-refractivity contribution in [2.45, 2.75) is 20.3 Å². The summed E-state index contributed by atoms with van der Waals surface area (Å²) in [6.07, 6.45) is 0.882. The van der Waals surface area contributed by atoms with E-state index in [2.05, 4.69) is 19.2 Å². The Labute approximate surface area is 123 Å². The highest BCUT2D eigenvalue weighted by Crippen LogP contribution is 2.19. The van der Waals surface area contributed by atoms with Gasteiger partial charge in [0, 0.05) is 6.54 Å². The molecule has 0 aliphatic heterocycles. The van der Waals surface area contributed by atoms with Crippen molar-refractivity contribution in [3.05, 3.63) is 28.8 Å². The maximum Gasteiger partial charge on any atom is 0.338 e. The molecule has 0 bridgehead atoms. The van der Waals surface area contributed by atoms with Gasteiger partial charge in [0.25, 0.3) is 5.91 Å². The van der Waals surface area contributed by atoms with E-state index in [0.29, 0.717) is 18.2 Å². The van der Waals surface area contributed by atoms with Crippen LogP contribution in [0.15, 0.2) is 18.2 Å². The number of rotatable bonds is 6. The topological polar surface area (TPSA) is 81.4 Å². The Morgan fingerprint density at radius 3 is 2.70 bits per heavy atom. The molecule has 1 rings (SSSR count). The van der Waals surface area contributed by atoms with E-state index in [-0.39, 0.29) is 23.1 Å². The molecule has 1 aromatic carbocycles. The van der Waals surface area contributed by atoms with Gasteiger partial charge in [-0.2, -0.15) is 0 Å². The van der Waals surface area contributed by atoms with Crippen LogP contribution in [0.25, 0.3) is 0 Å². The van der Waals surface area contributed by atoms with Gasteiger partial charge in [0.2, 0.25) is 0 Å². The van der Waals surface area contributed by atoms with E-state index < -0.39 is 5.97 Å². The summed E-state index contributed by atoms with van der Waals surface area (Å²) in [4.78, 5) is 23.1. The van der Waals surface area contributed by atoms with Crippen molar-refractivity contribution in [1.29, 1.82) is 0 Å². The first-order valence-electron chi connectivity index (χ1n) is 6.39. The highest BCUT2D eigenvalue weighted by molar-refractivity contribution is 6.33. The van der Waals surface area contributed by atoms with Crippen LogP contribution in [-0.4, -0.2) is 25.0 Å². The number of amides is 1. The number of hydrogen-bond acceptors (Lipinski definition) is 4. The van der Waals surface area contributed by atoms with E-state index in [1.54, 1.807) is 0 Å². The maximum absolute atomic E-state index is 11.7. The summed E-state index contributed by atoms with van der Waals surface area (Å²) in [6.45, 7) is 4.40. The lowest BCUT2D eigenvalue weighted by atomic mass is 10.1. The molecule has 0 fully saturated rings. The van der Waals surface area contributed by atoms with Crippen LogP contribution in [0.3, 0.4) is 0 Å². The molecule has 0 radical (unpaired) electrons. The van der Waals surface area contributed by atoms with Crippen LogP contribution in [0.2, 0.25) is 5.02 Å². The van der Waals surface area contributed by atoms with Gasteiger partial charge < -0.3 is 15.8 Å². The molecular formula is C14H19ClN2O3. The molecule has 0 aliphatic carbocycles. The molecule has 0 unspecified atom stereocenters. The summed E-state index contributed by atoms with van der Waals surface area (Å²) < 4.78 is 4.89. The molecule has 1 aromatic rings. The Balaban J connectivity index is 2.39. The van der Waals surface area contributed by atoms with Crippen LogP contribution in [0.1, 0.15) is 30.6 Å². The maximum atomic E-state index is 11.7. The van der Waals surface area contributed by atoms with Gasteiger partial charge >= 0.3 is 5.97 Å². The third-order valence-electron chi connectivity index (χ3n) is 2.61. The zero-order valence-corrected chi connectivity index (χ0v) is 12.4. The summed E-state index contributed by atoms with van der Waals surface area (Å²) in [5, 5.41) is 2.96. The van der Waals surface area contributed by atoms with Crippen LogP contribution >= 0.6 is 11.6 Å². The first kappa shape index (κ1) is 16.3. The Hall–Kier alpha value is -1.75. The normalized spacial score (nSPS) is 10.4. The number of anilines is 1. The minimum Gasteiger partial charge on any atom is -0.452 e. The zero-order valence-electron chi connectivity index (χ0n) is 11.6. The first-order chi connectivity index (χ1) is 9.40. The fourth-order valence-corrected chi connectivity index (χ4v) is 1.60. The molecule has 3 N–H and O–H groups in total. The van der Waals surface area contributed by atoms with Crippen molar-refractivity contribution in [3.8, 4) is 0 Å². The molecule has 6 heteroatoms. The van der Waals surface area contributed by atoms with Crippen molar-refractivity contribution in [1.82, 2.24) is 5.32 Å². The standard InChI is InChI=1S/C14H19ClN2O3/c1-9(2)5-6-17-13(18)8-20-14(19)10-3-4-12(16)11(15)7-10/h3-4,7,9H,5-6,8,16H2,1-2H3,(H,17,18). The van der Waals surface area contributed by atoms with E-state index in [4.69, 9.17) is 22.1 Å². The molecule has 110 valence electrons. The second-order valence-corrected chi connectivity index (χ2v) is 5.25. The number of benzene rings is 1. The summed E-state index contributed by atoms with van der Waals surface area (Å²) in [5.74, 6) is -0.416. The highest BCUT2D eigenvalue weighted by Gasteiger charge is 2.11. The average Bonchev–Trinajstić information content (AvgIpc) is 2.38. The molecule has 0 saturated heterocycles. The molecule has 0 aliphatic rings. The molecular weight excluding hydrogens is 280 g/mol. The van der Waals surface area contributed by atoms with Crippen molar-refractivity contribution < 1.29 is 14.3 Å². The van der Waals surface area contributed by atoms with Crippen molar-refractivity contribution >= 4 is 29.2 Å². The van der Waals surface area contributed by atoms with Crippen LogP contribution in [0, 0.1) is 5.92 Å². The van der Waals surface area contributed by atoms with Crippen molar-refractivity contribution in [2.24, 2.45) is 5.92 Å². The predicted octanol–water partition coefficient (Wildman–Crippen LogP) is 2.24. The Bertz CT molecular complexity index is 489. The van der Waals surface area contributed by atoms with Crippen LogP contribution in [0.4, 0.5) is 5.69 Å². The monoisotopic (exact) mass is 298 g/mol. The minimum atomic E-state index is -0.606. The Kier molecular flexibility index (Phi) is 6.31. The summed E-state index contributed by atoms with van der Waals surface area (Å²) >= 11 is 5.81. The number of ether oxygens (including phenoxy) is 1. The lowest BCUT2D eigenvalue weighted by molar-refractivity contribution is -0.124. The lowest BCUT2D eigenvalue weighted by Gasteiger charge is -2.08. The van der Waals surface area contributed by atoms with E-state index in [1.165, 1.54) is 18.2 Å². The van der Waals surface area contributed by atoms with Gasteiger partial charge in [0.1, 0.15) is 0 Å². The summed E-state index contributed by atoms with van der Waals surface area (Å²) in [6, 6.07) is 4.43. The number of nitrogens with two attached hydrogens (primary N) is 1. The van der Waals surface area contributed by atoms with Gasteiger partial charge in [0.05, 0.1) is 16.3 Å². The predicted molar refractivity (Wildman–Crippen MR) is 78.6 cm³/mol. The minimum absolute atomic E-state index is 0.263. The lowest BCUT2D eigenvalue weighted by Crippen LogP contribution is -2.30. The van der Waals surface area contributed by atoms with E-state index >= 15 is 0 Å². The van der Waals surface area contributed by atoms with E-state index in [0.717, 1.165) is 6.42 Å². The smallest absolute Gasteiger partial charge is 0.338 e. The van der Waals surface area contributed by atoms with E-state index in [1.807, 2.05) is 0 Å². The van der Waals surface area contributed by atoms with Gasteiger partial charge in [-0.1, -0.05) is 25.4 Å². The average molecular weight is 299 g/mol. The largest absolute Gasteiger partial charge is 0.452 e. The van der Waals surface area contributed by atoms with Gasteiger partial charge in [-0.25, -0.2) is 4.79 Å². The Morgan fingerprint density at radius 2 is 2.10 bits per heavy atom. The molecule has 0 atom stereocenters. The van der Waals surface area contributed by atoms with Gasteiger partial charge in [-0.05, 0) is 30.5 Å². The van der Waals surface area contributed by atoms with Gasteiger partial charge in [-0.15, -0.1) is 0 Å². The molecule has 0 aromatic heterocycles. The molecule has 0 spiro atoms. The molecule has 1 amide bonds. The third kappa shape index (κ3) is 5.48. The third-order valence-corrected chi connectivity index (χ3v) is 2.94. The van der Waals surface area contributed by atoms with Gasteiger partial charge in [0.15, 0.2) is 6.61 Å². The zero-order chi connectivity index (χ0) is 15.1. The number of esters is 1. The highest BCUT2D eigenvalue weighted by atomic mass is 35.5. The molecule has 5 nitrogen and oxygen atoms in total. The van der Waals surface area contributed by atoms with Crippen LogP contribution in [0.5, 0.6) is 0 Å². The first-order valence-corrected chi connectivity index (χ1v) is 6.76. The fourth-order valence-electron chi connectivity index (χ4n) is 1.42. The summed E-state index contributed by atoms with van der Waals surface area (Å²) in [7, 11) is 0. The second-order valence-electron chi connectivity index (χ2n) is 4.84. The number of halogens is 1. The fraction of sp³-hybridized carbons (Fsp3) is 0.429. The van der Waals surface area contributed by atoms with Crippen molar-refractivity contribution in [2.75, 3.05) is 18.9 Å². The van der Waals surface area contributed by atoms with Gasteiger partial charge in [-0.3, -0.25) is 4.79 Å². The van der Waals surface area contributed by atoms with E-state index in [9.17, 15) is 9.59 Å². The van der Waals surface area contributed by atoms with Crippen LogP contribution in [-0.2, 0) is 9.53 Å². The molecule has 20 heavy (non-hydrogen) atoms. The van der Waals surface area contributed by atoms with Crippen LogP contribution < -0.4 is 11.1 Å².